The Balaban J connectivity index is 2.06. The maximum atomic E-state index is 12.4. The van der Waals surface area contributed by atoms with Crippen molar-refractivity contribution in [1.29, 1.82) is 0 Å². The molecule has 25 heavy (non-hydrogen) atoms. The molecule has 0 aliphatic rings. The number of nitrogens with one attached hydrogen (secondary N) is 1. The highest BCUT2D eigenvalue weighted by Gasteiger charge is 2.23. The summed E-state index contributed by atoms with van der Waals surface area (Å²) in [6.45, 7) is 3.99. The van der Waals surface area contributed by atoms with Crippen LogP contribution in [-0.4, -0.2) is 24.0 Å². The standard InChI is InChI=1S/C18H16N2O3S2/c1-10-4-5-11(2)12(6-10)13-7-25-17(15(13)18(22)23-3)20-16(21)14-8-24-9-19-14/h4-9H,1-3H3,(H,20,21). The topological polar surface area (TPSA) is 68.3 Å². The van der Waals surface area contributed by atoms with E-state index in [1.54, 1.807) is 10.9 Å². The molecule has 7 heteroatoms. The number of anilines is 1. The van der Waals surface area contributed by atoms with Crippen molar-refractivity contribution in [3.05, 3.63) is 56.9 Å². The number of aryl methyl sites for hydroxylation is 2. The number of ether oxygens (including phenoxy) is 1. The number of thiophene rings is 1. The van der Waals surface area contributed by atoms with Crippen molar-refractivity contribution in [2.45, 2.75) is 13.8 Å². The average Bonchev–Trinajstić information content (AvgIpc) is 3.26. The van der Waals surface area contributed by atoms with Gasteiger partial charge in [-0.05, 0) is 25.0 Å². The molecule has 0 atom stereocenters. The van der Waals surface area contributed by atoms with Crippen molar-refractivity contribution < 1.29 is 14.3 Å². The first-order valence-electron chi connectivity index (χ1n) is 7.48. The first-order chi connectivity index (χ1) is 12.0. The number of hydrogen-bond donors (Lipinski definition) is 1. The number of carbonyl (C=O) groups is 2. The van der Waals surface area contributed by atoms with Gasteiger partial charge in [0.05, 0.1) is 12.6 Å². The molecule has 1 amide bonds. The lowest BCUT2D eigenvalue weighted by Gasteiger charge is -2.10. The Morgan fingerprint density at radius 3 is 2.64 bits per heavy atom. The number of amides is 1. The number of esters is 1. The summed E-state index contributed by atoms with van der Waals surface area (Å²) in [4.78, 5) is 28.7. The monoisotopic (exact) mass is 372 g/mol. The van der Waals surface area contributed by atoms with Gasteiger partial charge >= 0.3 is 5.97 Å². The van der Waals surface area contributed by atoms with Crippen molar-refractivity contribution in [2.75, 3.05) is 12.4 Å². The molecule has 128 valence electrons. The summed E-state index contributed by atoms with van der Waals surface area (Å²) in [5.74, 6) is -0.827. The van der Waals surface area contributed by atoms with E-state index in [2.05, 4.69) is 10.3 Å². The Morgan fingerprint density at radius 2 is 1.96 bits per heavy atom. The van der Waals surface area contributed by atoms with Crippen LogP contribution in [0.5, 0.6) is 0 Å². The molecule has 0 fully saturated rings. The van der Waals surface area contributed by atoms with E-state index in [-0.39, 0.29) is 5.91 Å². The Bertz CT molecular complexity index is 930. The minimum atomic E-state index is -0.481. The fourth-order valence-corrected chi connectivity index (χ4v) is 3.95. The van der Waals surface area contributed by atoms with Gasteiger partial charge < -0.3 is 10.1 Å². The van der Waals surface area contributed by atoms with Gasteiger partial charge in [-0.1, -0.05) is 23.8 Å². The second kappa shape index (κ2) is 7.16. The van der Waals surface area contributed by atoms with E-state index in [0.717, 1.165) is 22.3 Å². The van der Waals surface area contributed by atoms with Crippen molar-refractivity contribution in [1.82, 2.24) is 4.98 Å². The molecular weight excluding hydrogens is 356 g/mol. The van der Waals surface area contributed by atoms with Crippen LogP contribution in [0, 0.1) is 13.8 Å². The summed E-state index contributed by atoms with van der Waals surface area (Å²) < 4.78 is 4.94. The summed E-state index contributed by atoms with van der Waals surface area (Å²) in [6.07, 6.45) is 0. The van der Waals surface area contributed by atoms with Gasteiger partial charge in [0.2, 0.25) is 0 Å². The van der Waals surface area contributed by atoms with Crippen molar-refractivity contribution in [2.24, 2.45) is 0 Å². The van der Waals surface area contributed by atoms with Crippen molar-refractivity contribution in [3.8, 4) is 11.1 Å². The first-order valence-corrected chi connectivity index (χ1v) is 9.30. The van der Waals surface area contributed by atoms with Gasteiger partial charge in [0.15, 0.2) is 0 Å². The third kappa shape index (κ3) is 3.47. The minimum Gasteiger partial charge on any atom is -0.465 e. The summed E-state index contributed by atoms with van der Waals surface area (Å²) in [5, 5.41) is 6.76. The van der Waals surface area contributed by atoms with Gasteiger partial charge in [0, 0.05) is 16.3 Å². The molecule has 5 nitrogen and oxygen atoms in total. The fourth-order valence-electron chi connectivity index (χ4n) is 2.47. The number of thiazole rings is 1. The number of methoxy groups -OCH3 is 1. The molecule has 0 saturated heterocycles. The largest absolute Gasteiger partial charge is 0.465 e. The molecule has 0 bridgehead atoms. The fraction of sp³-hybridized carbons (Fsp3) is 0.167. The van der Waals surface area contributed by atoms with Crippen LogP contribution in [0.1, 0.15) is 32.0 Å². The summed E-state index contributed by atoms with van der Waals surface area (Å²) in [6, 6.07) is 6.06. The molecule has 0 unspecified atom stereocenters. The smallest absolute Gasteiger partial charge is 0.341 e. The second-order valence-electron chi connectivity index (χ2n) is 5.49. The lowest BCUT2D eigenvalue weighted by Crippen LogP contribution is -2.14. The van der Waals surface area contributed by atoms with Gasteiger partial charge in [0.25, 0.3) is 5.91 Å². The van der Waals surface area contributed by atoms with E-state index in [0.29, 0.717) is 16.3 Å². The van der Waals surface area contributed by atoms with Gasteiger partial charge in [-0.3, -0.25) is 4.79 Å². The van der Waals surface area contributed by atoms with E-state index in [1.165, 1.54) is 29.8 Å². The summed E-state index contributed by atoms with van der Waals surface area (Å²) in [7, 11) is 1.33. The van der Waals surface area contributed by atoms with Crippen LogP contribution in [0.4, 0.5) is 5.00 Å². The lowest BCUT2D eigenvalue weighted by molar-refractivity contribution is 0.0603. The van der Waals surface area contributed by atoms with Crippen LogP contribution in [0.15, 0.2) is 34.5 Å². The van der Waals surface area contributed by atoms with Crippen LogP contribution in [-0.2, 0) is 4.74 Å². The first kappa shape index (κ1) is 17.3. The maximum absolute atomic E-state index is 12.4. The van der Waals surface area contributed by atoms with Crippen molar-refractivity contribution >= 4 is 39.6 Å². The second-order valence-corrected chi connectivity index (χ2v) is 7.09. The van der Waals surface area contributed by atoms with E-state index >= 15 is 0 Å². The van der Waals surface area contributed by atoms with Crippen LogP contribution < -0.4 is 5.32 Å². The van der Waals surface area contributed by atoms with Crippen LogP contribution in [0.2, 0.25) is 0 Å². The van der Waals surface area contributed by atoms with Crippen molar-refractivity contribution in [3.63, 3.8) is 0 Å². The minimum absolute atomic E-state index is 0.322. The molecule has 3 aromatic rings. The molecule has 0 radical (unpaired) electrons. The molecule has 2 aromatic heterocycles. The number of rotatable bonds is 4. The highest BCUT2D eigenvalue weighted by atomic mass is 32.1. The molecular formula is C18H16N2O3S2. The number of carbonyl (C=O) groups excluding carboxylic acids is 2. The molecule has 0 aliphatic carbocycles. The molecule has 0 aliphatic heterocycles. The summed E-state index contributed by atoms with van der Waals surface area (Å²) >= 11 is 2.64. The normalized spacial score (nSPS) is 10.5. The van der Waals surface area contributed by atoms with Gasteiger partial charge in [-0.15, -0.1) is 22.7 Å². The lowest BCUT2D eigenvalue weighted by atomic mass is 9.97. The average molecular weight is 372 g/mol. The predicted molar refractivity (Wildman–Crippen MR) is 101 cm³/mol. The third-order valence-corrected chi connectivity index (χ3v) is 5.24. The molecule has 3 rings (SSSR count). The quantitative estimate of drug-likeness (QED) is 0.683. The zero-order chi connectivity index (χ0) is 18.0. The third-order valence-electron chi connectivity index (χ3n) is 3.76. The van der Waals surface area contributed by atoms with E-state index in [1.807, 2.05) is 37.4 Å². The van der Waals surface area contributed by atoms with Crippen LogP contribution >= 0.6 is 22.7 Å². The zero-order valence-corrected chi connectivity index (χ0v) is 15.6. The molecule has 0 saturated carbocycles. The highest BCUT2D eigenvalue weighted by Crippen LogP contribution is 2.38. The number of hydrogen-bond acceptors (Lipinski definition) is 6. The number of benzene rings is 1. The predicted octanol–water partition coefficient (Wildman–Crippen LogP) is 4.53. The van der Waals surface area contributed by atoms with Crippen LogP contribution in [0.25, 0.3) is 11.1 Å². The van der Waals surface area contributed by atoms with Gasteiger partial charge in [-0.2, -0.15) is 0 Å². The molecule has 1 aromatic carbocycles. The number of aromatic nitrogens is 1. The number of nitrogens with zero attached hydrogens (tertiary/aromatic N) is 1. The SMILES string of the molecule is COC(=O)c1c(-c2cc(C)ccc2C)csc1NC(=O)c1cscn1. The zero-order valence-electron chi connectivity index (χ0n) is 14.0. The maximum Gasteiger partial charge on any atom is 0.341 e. The Kier molecular flexibility index (Phi) is 4.96. The van der Waals surface area contributed by atoms with E-state index in [9.17, 15) is 9.59 Å². The van der Waals surface area contributed by atoms with Gasteiger partial charge in [0.1, 0.15) is 16.3 Å². The van der Waals surface area contributed by atoms with Gasteiger partial charge in [-0.25, -0.2) is 9.78 Å². The van der Waals surface area contributed by atoms with E-state index in [4.69, 9.17) is 4.74 Å². The Morgan fingerprint density at radius 1 is 1.16 bits per heavy atom. The highest BCUT2D eigenvalue weighted by molar-refractivity contribution is 7.15. The molecule has 2 heterocycles. The van der Waals surface area contributed by atoms with E-state index < -0.39 is 5.97 Å². The molecule has 0 spiro atoms. The summed E-state index contributed by atoms with van der Waals surface area (Å²) in [5.41, 5.74) is 6.12. The molecule has 1 N–H and O–H groups in total. The Hall–Kier alpha value is -2.51. The Labute approximate surface area is 153 Å². The van der Waals surface area contributed by atoms with Crippen LogP contribution in [0.3, 0.4) is 0 Å².